The van der Waals surface area contributed by atoms with Crippen LogP contribution in [-0.2, 0) is 14.3 Å². The number of hydrogen-bond acceptors (Lipinski definition) is 5. The fourth-order valence-corrected chi connectivity index (χ4v) is 1.92. The fraction of sp³-hybridized carbons (Fsp3) is 0.917. The van der Waals surface area contributed by atoms with E-state index in [-0.39, 0.29) is 12.0 Å². The Bertz CT molecular complexity index is 361. The van der Waals surface area contributed by atoms with Gasteiger partial charge in [-0.1, -0.05) is 68.2 Å². The lowest BCUT2D eigenvalue weighted by atomic mass is 9.86. The zero-order valence-corrected chi connectivity index (χ0v) is 22.6. The van der Waals surface area contributed by atoms with Gasteiger partial charge in [-0.25, -0.2) is 0 Å². The van der Waals surface area contributed by atoms with Crippen molar-refractivity contribution >= 4 is 12.3 Å². The molecule has 7 heteroatoms. The van der Waals surface area contributed by atoms with Gasteiger partial charge in [0.05, 0.1) is 5.60 Å². The van der Waals surface area contributed by atoms with Crippen molar-refractivity contribution in [2.24, 2.45) is 22.8 Å². The molecule has 0 aromatic rings. The molecule has 31 heavy (non-hydrogen) atoms. The lowest BCUT2D eigenvalue weighted by Gasteiger charge is -2.25. The number of aliphatic hydroxyl groups is 1. The van der Waals surface area contributed by atoms with E-state index < -0.39 is 12.5 Å². The molecular weight excluding hydrogens is 394 g/mol. The third-order valence-corrected chi connectivity index (χ3v) is 4.20. The van der Waals surface area contributed by atoms with Crippen LogP contribution in [0.1, 0.15) is 101 Å². The highest BCUT2D eigenvalue weighted by molar-refractivity contribution is 5.74. The average molecular weight is 452 g/mol. The Kier molecular flexibility index (Phi) is 37.4. The number of hydrogen-bond donors (Lipinski definition) is 4. The van der Waals surface area contributed by atoms with Gasteiger partial charge in [0.2, 0.25) is 12.3 Å². The molecule has 0 saturated carbocycles. The Morgan fingerprint density at radius 3 is 1.77 bits per heavy atom. The minimum Gasteiger partial charge on any atom is -0.387 e. The molecule has 0 radical (unpaired) electrons. The fourth-order valence-electron chi connectivity index (χ4n) is 1.92. The number of amides is 2. The zero-order chi connectivity index (χ0) is 25.9. The van der Waals surface area contributed by atoms with Crippen molar-refractivity contribution in [2.45, 2.75) is 107 Å². The van der Waals surface area contributed by atoms with Gasteiger partial charge in [0.1, 0.15) is 6.61 Å². The third kappa shape index (κ3) is 52.8. The molecule has 0 aliphatic rings. The minimum absolute atomic E-state index is 0.0257. The first-order valence-corrected chi connectivity index (χ1v) is 11.6. The van der Waals surface area contributed by atoms with Gasteiger partial charge >= 0.3 is 0 Å². The highest BCUT2D eigenvalue weighted by Gasteiger charge is 2.17. The van der Waals surface area contributed by atoms with E-state index in [4.69, 9.17) is 14.6 Å². The smallest absolute Gasteiger partial charge is 0.243 e. The highest BCUT2D eigenvalue weighted by atomic mass is 16.5. The van der Waals surface area contributed by atoms with E-state index in [0.717, 1.165) is 31.9 Å². The van der Waals surface area contributed by atoms with Crippen molar-refractivity contribution in [1.29, 1.82) is 0 Å². The first-order chi connectivity index (χ1) is 14.3. The summed E-state index contributed by atoms with van der Waals surface area (Å²) in [4.78, 5) is 17.9. The van der Waals surface area contributed by atoms with Gasteiger partial charge in [-0.2, -0.15) is 0 Å². The summed E-state index contributed by atoms with van der Waals surface area (Å²) < 4.78 is 5.80. The van der Waals surface area contributed by atoms with E-state index in [0.29, 0.717) is 5.41 Å². The molecule has 0 aliphatic heterocycles. The maximum Gasteiger partial charge on any atom is 0.243 e. The molecule has 0 saturated heterocycles. The normalized spacial score (nSPS) is 10.1. The van der Waals surface area contributed by atoms with E-state index >= 15 is 0 Å². The lowest BCUT2D eigenvalue weighted by molar-refractivity contribution is -0.120. The Hall–Kier alpha value is -1.18. The van der Waals surface area contributed by atoms with Crippen molar-refractivity contribution in [1.82, 2.24) is 5.32 Å². The van der Waals surface area contributed by atoms with Crippen LogP contribution in [0.25, 0.3) is 0 Å². The van der Waals surface area contributed by atoms with Gasteiger partial charge in [-0.15, -0.1) is 0 Å². The van der Waals surface area contributed by atoms with Crippen LogP contribution in [0.2, 0.25) is 0 Å². The number of nitrogens with two attached hydrogens (primary N) is 2. The molecule has 192 valence electrons. The van der Waals surface area contributed by atoms with Gasteiger partial charge in [-0.3, -0.25) is 9.59 Å². The maximum atomic E-state index is 9.34. The summed E-state index contributed by atoms with van der Waals surface area (Å²) in [6.07, 6.45) is 6.47. The number of carbonyl (C=O) groups is 2. The number of primary amides is 2. The number of rotatable bonds is 11. The summed E-state index contributed by atoms with van der Waals surface area (Å²) in [5.41, 5.74) is 9.19. The van der Waals surface area contributed by atoms with Crippen LogP contribution in [-0.4, -0.2) is 49.8 Å². The quantitative estimate of drug-likeness (QED) is 0.349. The topological polar surface area (TPSA) is 128 Å². The van der Waals surface area contributed by atoms with Crippen molar-refractivity contribution in [3.63, 3.8) is 0 Å². The molecule has 0 aromatic carbocycles. The van der Waals surface area contributed by atoms with E-state index in [1.54, 1.807) is 0 Å². The summed E-state index contributed by atoms with van der Waals surface area (Å²) in [5, 5.41) is 10.8. The molecular formula is C24H57N3O4. The standard InChI is InChI=1S/C11H25NO.C8H18.C2H5NO2.C2H6.CH3NO/c1-10(2)6-9-13-11(3,4)7-8-12-5;1-5-7-8(3,4)6-2;3-2(5)1-4;1-2;2-1-3/h10,12H,6-9H2,1-5H3;5-7H2,1-4H3;4H,1H2,(H2,3,5);1-2H3;1H,(H2,2,3). The number of aliphatic hydroxyl groups excluding tert-OH is 1. The molecule has 6 N–H and O–H groups in total. The predicted octanol–water partition coefficient (Wildman–Crippen LogP) is 4.25. The van der Waals surface area contributed by atoms with Gasteiger partial charge in [-0.05, 0) is 58.0 Å². The molecule has 0 atom stereocenters. The molecule has 0 aliphatic carbocycles. The van der Waals surface area contributed by atoms with Crippen molar-refractivity contribution < 1.29 is 19.4 Å². The van der Waals surface area contributed by atoms with Gasteiger partial charge in [0.25, 0.3) is 0 Å². The zero-order valence-electron chi connectivity index (χ0n) is 22.6. The van der Waals surface area contributed by atoms with Crippen LogP contribution in [0.5, 0.6) is 0 Å². The molecule has 0 heterocycles. The maximum absolute atomic E-state index is 9.34. The van der Waals surface area contributed by atoms with E-state index in [1.165, 1.54) is 19.3 Å². The Morgan fingerprint density at radius 1 is 1.13 bits per heavy atom. The largest absolute Gasteiger partial charge is 0.387 e. The Morgan fingerprint density at radius 2 is 1.55 bits per heavy atom. The minimum atomic E-state index is -0.690. The summed E-state index contributed by atoms with van der Waals surface area (Å²) in [7, 11) is 1.98. The van der Waals surface area contributed by atoms with Crippen LogP contribution in [0.15, 0.2) is 0 Å². The van der Waals surface area contributed by atoms with Crippen molar-refractivity contribution in [3.8, 4) is 0 Å². The summed E-state index contributed by atoms with van der Waals surface area (Å²) in [6.45, 7) is 23.3. The monoisotopic (exact) mass is 451 g/mol. The number of carbonyl (C=O) groups excluding carboxylic acids is 2. The first kappa shape index (κ1) is 40.2. The molecule has 0 bridgehead atoms. The van der Waals surface area contributed by atoms with E-state index in [1.807, 2.05) is 20.9 Å². The van der Waals surface area contributed by atoms with Crippen LogP contribution in [0, 0.1) is 11.3 Å². The SMILES string of the molecule is CC.CCCC(C)(C)CC.CNCCC(C)(C)OCCC(C)C.NC(=O)CO.NC=O. The molecule has 0 aromatic heterocycles. The van der Waals surface area contributed by atoms with Gasteiger partial charge in [0.15, 0.2) is 0 Å². The summed E-state index contributed by atoms with van der Waals surface area (Å²) in [5.74, 6) is 0.0464. The molecule has 0 rings (SSSR count). The molecule has 0 fully saturated rings. The van der Waals surface area contributed by atoms with Crippen LogP contribution < -0.4 is 16.8 Å². The molecule has 0 spiro atoms. The van der Waals surface area contributed by atoms with Gasteiger partial charge < -0.3 is 26.6 Å². The highest BCUT2D eigenvalue weighted by Crippen LogP contribution is 2.25. The van der Waals surface area contributed by atoms with Crippen LogP contribution in [0.3, 0.4) is 0 Å². The second-order valence-electron chi connectivity index (χ2n) is 8.67. The summed E-state index contributed by atoms with van der Waals surface area (Å²) in [6, 6.07) is 0. The van der Waals surface area contributed by atoms with E-state index in [9.17, 15) is 4.79 Å². The third-order valence-electron chi connectivity index (χ3n) is 4.20. The first-order valence-electron chi connectivity index (χ1n) is 11.6. The molecule has 2 amide bonds. The second-order valence-corrected chi connectivity index (χ2v) is 8.67. The van der Waals surface area contributed by atoms with Crippen LogP contribution in [0.4, 0.5) is 0 Å². The van der Waals surface area contributed by atoms with Gasteiger partial charge in [0, 0.05) is 6.61 Å². The summed E-state index contributed by atoms with van der Waals surface area (Å²) >= 11 is 0. The molecule has 0 unspecified atom stereocenters. The van der Waals surface area contributed by atoms with E-state index in [2.05, 4.69) is 72.2 Å². The van der Waals surface area contributed by atoms with Crippen molar-refractivity contribution in [2.75, 3.05) is 26.8 Å². The average Bonchev–Trinajstić information content (AvgIpc) is 2.69. The Balaban J connectivity index is -0.000000107. The molecule has 7 nitrogen and oxygen atoms in total. The Labute approximate surface area is 194 Å². The van der Waals surface area contributed by atoms with Crippen LogP contribution >= 0.6 is 0 Å². The lowest BCUT2D eigenvalue weighted by Crippen LogP contribution is -2.29. The second kappa shape index (κ2) is 28.8. The number of nitrogens with one attached hydrogen (secondary N) is 1. The van der Waals surface area contributed by atoms with Crippen molar-refractivity contribution in [3.05, 3.63) is 0 Å². The predicted molar refractivity (Wildman–Crippen MR) is 135 cm³/mol. The number of ether oxygens (including phenoxy) is 1.